The van der Waals surface area contributed by atoms with Gasteiger partial charge >= 0.3 is 0 Å². The van der Waals surface area contributed by atoms with Crippen LogP contribution in [0.3, 0.4) is 0 Å². The molecule has 0 unspecified atom stereocenters. The number of carbonyl (C=O) groups excluding carboxylic acids is 1. The molecule has 3 nitrogen and oxygen atoms in total. The molecule has 0 bridgehead atoms. The minimum absolute atomic E-state index is 0.0579. The molecule has 1 saturated carbocycles. The van der Waals surface area contributed by atoms with Gasteiger partial charge in [0.25, 0.3) is 5.91 Å². The molecule has 0 spiro atoms. The van der Waals surface area contributed by atoms with Gasteiger partial charge in [0.1, 0.15) is 4.88 Å². The Morgan fingerprint density at radius 2 is 2.10 bits per heavy atom. The first-order valence-electron chi connectivity index (χ1n) is 7.68. The summed E-state index contributed by atoms with van der Waals surface area (Å²) in [5.41, 5.74) is 0.791. The first-order valence-corrected chi connectivity index (χ1v) is 8.56. The number of carbonyl (C=O) groups is 1. The van der Waals surface area contributed by atoms with Crippen molar-refractivity contribution in [2.45, 2.75) is 51.0 Å². The lowest BCUT2D eigenvalue weighted by atomic mass is 10.1. The van der Waals surface area contributed by atoms with Crippen molar-refractivity contribution in [3.8, 4) is 11.8 Å². The summed E-state index contributed by atoms with van der Waals surface area (Å²) in [6, 6.07) is 2.25. The van der Waals surface area contributed by atoms with Gasteiger partial charge in [-0.1, -0.05) is 37.5 Å². The second kappa shape index (κ2) is 8.21. The Balaban J connectivity index is 2.09. The van der Waals surface area contributed by atoms with Crippen LogP contribution in [0.1, 0.15) is 60.2 Å². The zero-order chi connectivity index (χ0) is 15.1. The Hall–Kier alpha value is -1.31. The van der Waals surface area contributed by atoms with Gasteiger partial charge in [0.15, 0.2) is 0 Å². The summed E-state index contributed by atoms with van der Waals surface area (Å²) < 4.78 is 0. The van der Waals surface area contributed by atoms with Crippen molar-refractivity contribution in [1.82, 2.24) is 4.90 Å². The van der Waals surface area contributed by atoms with Crippen LogP contribution < -0.4 is 0 Å². The number of aliphatic hydroxyl groups is 1. The standard InChI is InChI=1S/C17H23NO2S/c1-18(15-9-4-2-3-5-10-15)17(20)16-14(11-13-21-16)8-6-7-12-19/h11,13,15,19H,2-5,7,9-10,12H2,1H3. The molecule has 1 fully saturated rings. The minimum atomic E-state index is 0.0579. The Bertz CT molecular complexity index is 518. The van der Waals surface area contributed by atoms with E-state index >= 15 is 0 Å². The maximum absolute atomic E-state index is 12.7. The Morgan fingerprint density at radius 3 is 2.76 bits per heavy atom. The van der Waals surface area contributed by atoms with E-state index in [2.05, 4.69) is 11.8 Å². The van der Waals surface area contributed by atoms with Crippen LogP contribution in [0.15, 0.2) is 11.4 Å². The Morgan fingerprint density at radius 1 is 1.38 bits per heavy atom. The van der Waals surface area contributed by atoms with Gasteiger partial charge in [-0.15, -0.1) is 11.3 Å². The average Bonchev–Trinajstić information content (AvgIpc) is 2.79. The molecule has 1 N–H and O–H groups in total. The van der Waals surface area contributed by atoms with Crippen molar-refractivity contribution in [2.24, 2.45) is 0 Å². The van der Waals surface area contributed by atoms with Crippen molar-refractivity contribution in [2.75, 3.05) is 13.7 Å². The smallest absolute Gasteiger partial charge is 0.265 e. The van der Waals surface area contributed by atoms with E-state index in [0.29, 0.717) is 12.5 Å². The third-order valence-electron chi connectivity index (χ3n) is 4.01. The topological polar surface area (TPSA) is 40.5 Å². The van der Waals surface area contributed by atoms with Crippen molar-refractivity contribution < 1.29 is 9.90 Å². The van der Waals surface area contributed by atoms with Crippen LogP contribution in [-0.2, 0) is 0 Å². The van der Waals surface area contributed by atoms with Crippen LogP contribution in [0.4, 0.5) is 0 Å². The van der Waals surface area contributed by atoms with Gasteiger partial charge in [-0.25, -0.2) is 0 Å². The highest BCUT2D eigenvalue weighted by atomic mass is 32.1. The van der Waals surface area contributed by atoms with Gasteiger partial charge < -0.3 is 10.0 Å². The molecule has 0 aliphatic heterocycles. The fourth-order valence-corrected chi connectivity index (χ4v) is 3.59. The molecule has 0 saturated heterocycles. The SMILES string of the molecule is CN(C(=O)c1sccc1C#CCCO)C1CCCCCC1. The highest BCUT2D eigenvalue weighted by Crippen LogP contribution is 2.24. The number of hydrogen-bond acceptors (Lipinski definition) is 3. The predicted molar refractivity (Wildman–Crippen MR) is 86.5 cm³/mol. The van der Waals surface area contributed by atoms with Crippen LogP contribution >= 0.6 is 11.3 Å². The van der Waals surface area contributed by atoms with Crippen LogP contribution in [-0.4, -0.2) is 35.6 Å². The molecule has 1 amide bonds. The normalized spacial score (nSPS) is 15.9. The third-order valence-corrected chi connectivity index (χ3v) is 4.91. The molecule has 1 aromatic heterocycles. The van der Waals surface area contributed by atoms with E-state index in [-0.39, 0.29) is 12.5 Å². The number of thiophene rings is 1. The van der Waals surface area contributed by atoms with E-state index in [4.69, 9.17) is 5.11 Å². The quantitative estimate of drug-likeness (QED) is 0.688. The first kappa shape index (κ1) is 16.1. The molecule has 114 valence electrons. The van der Waals surface area contributed by atoms with Crippen molar-refractivity contribution >= 4 is 17.2 Å². The zero-order valence-corrected chi connectivity index (χ0v) is 13.4. The van der Waals surface area contributed by atoms with E-state index in [9.17, 15) is 4.79 Å². The van der Waals surface area contributed by atoms with Gasteiger partial charge in [-0.3, -0.25) is 4.79 Å². The van der Waals surface area contributed by atoms with Gasteiger partial charge in [-0.05, 0) is 24.3 Å². The molecule has 1 aliphatic rings. The number of aliphatic hydroxyl groups excluding tert-OH is 1. The highest BCUT2D eigenvalue weighted by Gasteiger charge is 2.24. The summed E-state index contributed by atoms with van der Waals surface area (Å²) in [5.74, 6) is 5.98. The molecule has 4 heteroatoms. The molecule has 1 heterocycles. The van der Waals surface area contributed by atoms with Crippen LogP contribution in [0.5, 0.6) is 0 Å². The Kier molecular flexibility index (Phi) is 6.28. The molecule has 21 heavy (non-hydrogen) atoms. The minimum Gasteiger partial charge on any atom is -0.395 e. The van der Waals surface area contributed by atoms with Crippen LogP contribution in [0.25, 0.3) is 0 Å². The summed E-state index contributed by atoms with van der Waals surface area (Å²) in [6.45, 7) is 0.0579. The summed E-state index contributed by atoms with van der Waals surface area (Å²) in [4.78, 5) is 15.3. The summed E-state index contributed by atoms with van der Waals surface area (Å²) in [6.07, 6.45) is 7.68. The lowest BCUT2D eigenvalue weighted by molar-refractivity contribution is 0.0722. The summed E-state index contributed by atoms with van der Waals surface area (Å²) >= 11 is 1.46. The fourth-order valence-electron chi connectivity index (χ4n) is 2.76. The Labute approximate surface area is 131 Å². The van der Waals surface area contributed by atoms with Gasteiger partial charge in [0, 0.05) is 25.1 Å². The van der Waals surface area contributed by atoms with Crippen LogP contribution in [0, 0.1) is 11.8 Å². The molecule has 1 aromatic rings. The van der Waals surface area contributed by atoms with E-state index in [0.717, 1.165) is 23.3 Å². The monoisotopic (exact) mass is 305 g/mol. The van der Waals surface area contributed by atoms with E-state index in [1.165, 1.54) is 37.0 Å². The van der Waals surface area contributed by atoms with Crippen LogP contribution in [0.2, 0.25) is 0 Å². The number of amides is 1. The molecular formula is C17H23NO2S. The molecule has 2 rings (SSSR count). The van der Waals surface area contributed by atoms with E-state index < -0.39 is 0 Å². The maximum Gasteiger partial charge on any atom is 0.265 e. The second-order valence-corrected chi connectivity index (χ2v) is 6.42. The lowest BCUT2D eigenvalue weighted by Gasteiger charge is -2.27. The molecule has 0 aromatic carbocycles. The maximum atomic E-state index is 12.7. The van der Waals surface area contributed by atoms with Gasteiger partial charge in [0.05, 0.1) is 6.61 Å². The predicted octanol–water partition coefficient (Wildman–Crippen LogP) is 3.28. The average molecular weight is 305 g/mol. The third kappa shape index (κ3) is 4.33. The molecular weight excluding hydrogens is 282 g/mol. The summed E-state index contributed by atoms with van der Waals surface area (Å²) in [5, 5.41) is 10.7. The van der Waals surface area contributed by atoms with Crippen molar-refractivity contribution in [1.29, 1.82) is 0 Å². The molecule has 0 radical (unpaired) electrons. The largest absolute Gasteiger partial charge is 0.395 e. The second-order valence-electron chi connectivity index (χ2n) is 5.50. The van der Waals surface area contributed by atoms with Crippen molar-refractivity contribution in [3.63, 3.8) is 0 Å². The number of nitrogens with zero attached hydrogens (tertiary/aromatic N) is 1. The van der Waals surface area contributed by atoms with Gasteiger partial charge in [-0.2, -0.15) is 0 Å². The fraction of sp³-hybridized carbons (Fsp3) is 0.588. The molecule has 0 atom stereocenters. The zero-order valence-electron chi connectivity index (χ0n) is 12.6. The number of hydrogen-bond donors (Lipinski definition) is 1. The number of rotatable bonds is 3. The highest BCUT2D eigenvalue weighted by molar-refractivity contribution is 7.12. The molecule has 1 aliphatic carbocycles. The van der Waals surface area contributed by atoms with Crippen molar-refractivity contribution in [3.05, 3.63) is 21.9 Å². The van der Waals surface area contributed by atoms with E-state index in [1.54, 1.807) is 0 Å². The van der Waals surface area contributed by atoms with E-state index in [1.807, 2.05) is 23.4 Å². The van der Waals surface area contributed by atoms with Gasteiger partial charge in [0.2, 0.25) is 0 Å². The first-order chi connectivity index (χ1) is 10.2. The lowest BCUT2D eigenvalue weighted by Crippen LogP contribution is -2.36. The summed E-state index contributed by atoms with van der Waals surface area (Å²) in [7, 11) is 1.92.